The van der Waals surface area contributed by atoms with Gasteiger partial charge in [0.25, 0.3) is 0 Å². The highest BCUT2D eigenvalue weighted by Gasteiger charge is 2.21. The van der Waals surface area contributed by atoms with Gasteiger partial charge >= 0.3 is 5.97 Å². The summed E-state index contributed by atoms with van der Waals surface area (Å²) in [6.45, 7) is 0.794. The Hall–Kier alpha value is -1.51. The molecule has 1 aromatic rings. The Kier molecular flexibility index (Phi) is 3.44. The third-order valence-electron chi connectivity index (χ3n) is 2.71. The van der Waals surface area contributed by atoms with Crippen LogP contribution < -0.4 is 4.74 Å². The molecule has 3 heteroatoms. The lowest BCUT2D eigenvalue weighted by Gasteiger charge is -2.06. The van der Waals surface area contributed by atoms with Gasteiger partial charge in [0.2, 0.25) is 0 Å². The molecule has 1 fully saturated rings. The van der Waals surface area contributed by atoms with Gasteiger partial charge in [-0.2, -0.15) is 0 Å². The van der Waals surface area contributed by atoms with E-state index in [-0.39, 0.29) is 6.42 Å². The molecule has 0 amide bonds. The fraction of sp³-hybridized carbons (Fsp3) is 0.462. The summed E-state index contributed by atoms with van der Waals surface area (Å²) in [6.07, 6.45) is 3.29. The molecular weight excluding hydrogens is 204 g/mol. The zero-order chi connectivity index (χ0) is 11.4. The van der Waals surface area contributed by atoms with Crippen molar-refractivity contribution in [3.05, 3.63) is 29.8 Å². The van der Waals surface area contributed by atoms with E-state index < -0.39 is 5.97 Å². The first-order valence-corrected chi connectivity index (χ1v) is 5.67. The summed E-state index contributed by atoms with van der Waals surface area (Å²) in [6, 6.07) is 7.71. The van der Waals surface area contributed by atoms with E-state index in [2.05, 4.69) is 0 Å². The maximum atomic E-state index is 10.4. The van der Waals surface area contributed by atoms with Crippen LogP contribution in [0.4, 0.5) is 0 Å². The standard InChI is InChI=1S/C13H16O3/c14-13(15)7-6-10-2-1-3-12(8-10)16-9-11-4-5-11/h1-3,8,11H,4-7,9H2,(H,14,15). The van der Waals surface area contributed by atoms with Crippen molar-refractivity contribution in [1.29, 1.82) is 0 Å². The quantitative estimate of drug-likeness (QED) is 0.801. The van der Waals surface area contributed by atoms with Crippen LogP contribution in [0.2, 0.25) is 0 Å². The van der Waals surface area contributed by atoms with Crippen LogP contribution in [0, 0.1) is 5.92 Å². The van der Waals surface area contributed by atoms with Gasteiger partial charge < -0.3 is 9.84 Å². The van der Waals surface area contributed by atoms with Crippen LogP contribution in [-0.2, 0) is 11.2 Å². The van der Waals surface area contributed by atoms with Gasteiger partial charge in [-0.3, -0.25) is 4.79 Å². The second-order valence-corrected chi connectivity index (χ2v) is 4.30. The highest BCUT2D eigenvalue weighted by Crippen LogP contribution is 2.29. The van der Waals surface area contributed by atoms with Crippen molar-refractivity contribution in [1.82, 2.24) is 0 Å². The first kappa shape index (κ1) is 11.0. The number of rotatable bonds is 6. The van der Waals surface area contributed by atoms with E-state index in [9.17, 15) is 4.79 Å². The first-order chi connectivity index (χ1) is 7.74. The van der Waals surface area contributed by atoms with E-state index in [0.717, 1.165) is 23.8 Å². The molecule has 0 heterocycles. The second-order valence-electron chi connectivity index (χ2n) is 4.30. The molecule has 0 saturated heterocycles. The number of carboxylic acid groups (broad SMARTS) is 1. The van der Waals surface area contributed by atoms with Crippen LogP contribution in [0.5, 0.6) is 5.75 Å². The molecule has 0 bridgehead atoms. The molecule has 0 spiro atoms. The Labute approximate surface area is 95.0 Å². The SMILES string of the molecule is O=C(O)CCc1cccc(OCC2CC2)c1. The Morgan fingerprint density at radius 1 is 1.44 bits per heavy atom. The number of ether oxygens (including phenoxy) is 1. The van der Waals surface area contributed by atoms with E-state index >= 15 is 0 Å². The van der Waals surface area contributed by atoms with Gasteiger partial charge in [-0.1, -0.05) is 12.1 Å². The highest BCUT2D eigenvalue weighted by molar-refractivity contribution is 5.67. The molecule has 1 aliphatic rings. The lowest BCUT2D eigenvalue weighted by Crippen LogP contribution is -2.00. The van der Waals surface area contributed by atoms with E-state index in [0.29, 0.717) is 6.42 Å². The fourth-order valence-electron chi connectivity index (χ4n) is 1.54. The summed E-state index contributed by atoms with van der Waals surface area (Å²) >= 11 is 0. The Balaban J connectivity index is 1.87. The molecule has 0 radical (unpaired) electrons. The van der Waals surface area contributed by atoms with Crippen molar-refractivity contribution < 1.29 is 14.6 Å². The molecule has 86 valence electrons. The lowest BCUT2D eigenvalue weighted by molar-refractivity contribution is -0.136. The van der Waals surface area contributed by atoms with Crippen LogP contribution in [0.25, 0.3) is 0 Å². The zero-order valence-corrected chi connectivity index (χ0v) is 9.19. The molecular formula is C13H16O3. The molecule has 0 unspecified atom stereocenters. The van der Waals surface area contributed by atoms with Crippen LogP contribution in [0.15, 0.2) is 24.3 Å². The summed E-state index contributed by atoms with van der Waals surface area (Å²) in [5.41, 5.74) is 1.02. The van der Waals surface area contributed by atoms with E-state index in [1.165, 1.54) is 12.8 Å². The highest BCUT2D eigenvalue weighted by atomic mass is 16.5. The smallest absolute Gasteiger partial charge is 0.303 e. The van der Waals surface area contributed by atoms with Gasteiger partial charge in [0.05, 0.1) is 6.61 Å². The minimum Gasteiger partial charge on any atom is -0.493 e. The third kappa shape index (κ3) is 3.57. The maximum Gasteiger partial charge on any atom is 0.303 e. The van der Waals surface area contributed by atoms with Gasteiger partial charge in [0.1, 0.15) is 5.75 Å². The number of aliphatic carboxylic acids is 1. The number of hydrogen-bond acceptors (Lipinski definition) is 2. The average Bonchev–Trinajstić information content (AvgIpc) is 3.08. The molecule has 0 aromatic heterocycles. The molecule has 1 aliphatic carbocycles. The van der Waals surface area contributed by atoms with Gasteiger partial charge in [-0.25, -0.2) is 0 Å². The van der Waals surface area contributed by atoms with Gasteiger partial charge in [0.15, 0.2) is 0 Å². The number of benzene rings is 1. The summed E-state index contributed by atoms with van der Waals surface area (Å²) in [4.78, 5) is 10.4. The van der Waals surface area contributed by atoms with Gasteiger partial charge in [-0.05, 0) is 42.9 Å². The largest absolute Gasteiger partial charge is 0.493 e. The van der Waals surface area contributed by atoms with E-state index in [1.54, 1.807) is 0 Å². The van der Waals surface area contributed by atoms with E-state index in [4.69, 9.17) is 9.84 Å². The van der Waals surface area contributed by atoms with Gasteiger partial charge in [0, 0.05) is 6.42 Å². The molecule has 0 atom stereocenters. The maximum absolute atomic E-state index is 10.4. The molecule has 1 N–H and O–H groups in total. The number of carbonyl (C=O) groups is 1. The van der Waals surface area contributed by atoms with Gasteiger partial charge in [-0.15, -0.1) is 0 Å². The monoisotopic (exact) mass is 220 g/mol. The zero-order valence-electron chi connectivity index (χ0n) is 9.19. The fourth-order valence-corrected chi connectivity index (χ4v) is 1.54. The van der Waals surface area contributed by atoms with Crippen molar-refractivity contribution in [2.24, 2.45) is 5.92 Å². The average molecular weight is 220 g/mol. The normalized spacial score (nSPS) is 14.8. The molecule has 1 aromatic carbocycles. The summed E-state index contributed by atoms with van der Waals surface area (Å²) in [5, 5.41) is 8.60. The number of aryl methyl sites for hydroxylation is 1. The van der Waals surface area contributed by atoms with E-state index in [1.807, 2.05) is 24.3 Å². The molecule has 3 nitrogen and oxygen atoms in total. The number of hydrogen-bond donors (Lipinski definition) is 1. The second kappa shape index (κ2) is 5.01. The molecule has 16 heavy (non-hydrogen) atoms. The Bertz CT molecular complexity index is 369. The van der Waals surface area contributed by atoms with Crippen molar-refractivity contribution in [3.63, 3.8) is 0 Å². The summed E-state index contributed by atoms with van der Waals surface area (Å²) in [7, 11) is 0. The van der Waals surface area contributed by atoms with Crippen molar-refractivity contribution >= 4 is 5.97 Å². The van der Waals surface area contributed by atoms with Crippen molar-refractivity contribution in [2.75, 3.05) is 6.61 Å². The lowest BCUT2D eigenvalue weighted by atomic mass is 10.1. The molecule has 2 rings (SSSR count). The minimum absolute atomic E-state index is 0.173. The Morgan fingerprint density at radius 3 is 2.94 bits per heavy atom. The molecule has 0 aliphatic heterocycles. The minimum atomic E-state index is -0.760. The third-order valence-corrected chi connectivity index (χ3v) is 2.71. The molecule has 1 saturated carbocycles. The number of carboxylic acids is 1. The predicted molar refractivity (Wildman–Crippen MR) is 60.6 cm³/mol. The van der Waals surface area contributed by atoms with Crippen molar-refractivity contribution in [3.8, 4) is 5.75 Å². The topological polar surface area (TPSA) is 46.5 Å². The van der Waals surface area contributed by atoms with Crippen LogP contribution in [-0.4, -0.2) is 17.7 Å². The van der Waals surface area contributed by atoms with Crippen LogP contribution >= 0.6 is 0 Å². The first-order valence-electron chi connectivity index (χ1n) is 5.67. The van der Waals surface area contributed by atoms with Crippen LogP contribution in [0.1, 0.15) is 24.8 Å². The summed E-state index contributed by atoms with van der Waals surface area (Å²) in [5.74, 6) is 0.835. The summed E-state index contributed by atoms with van der Waals surface area (Å²) < 4.78 is 5.63. The van der Waals surface area contributed by atoms with Crippen molar-refractivity contribution in [2.45, 2.75) is 25.7 Å². The van der Waals surface area contributed by atoms with Crippen LogP contribution in [0.3, 0.4) is 0 Å². The Morgan fingerprint density at radius 2 is 2.25 bits per heavy atom. The predicted octanol–water partition coefficient (Wildman–Crippen LogP) is 2.49.